The van der Waals surface area contributed by atoms with E-state index < -0.39 is 11.2 Å². The van der Waals surface area contributed by atoms with Gasteiger partial charge in [0.1, 0.15) is 6.04 Å². The summed E-state index contributed by atoms with van der Waals surface area (Å²) in [4.78, 5) is 23.0. The Kier molecular flexibility index (Phi) is 5.14. The number of hydrogen-bond acceptors (Lipinski definition) is 6. The highest BCUT2D eigenvalue weighted by Gasteiger charge is 2.38. The molecule has 1 aliphatic heterocycles. The van der Waals surface area contributed by atoms with E-state index in [1.165, 1.54) is 0 Å². The zero-order valence-electron chi connectivity index (χ0n) is 18.1. The van der Waals surface area contributed by atoms with Gasteiger partial charge >= 0.3 is 11.8 Å². The Balaban J connectivity index is 1.60. The monoisotopic (exact) mass is 469 g/mol. The highest BCUT2D eigenvalue weighted by Crippen LogP contribution is 2.35. The third-order valence-electron chi connectivity index (χ3n) is 5.63. The molecule has 1 aliphatic rings. The summed E-state index contributed by atoms with van der Waals surface area (Å²) in [5, 5.41) is 12.6. The highest BCUT2D eigenvalue weighted by atomic mass is 31.0. The number of nitrogens with zero attached hydrogens (tertiary/aromatic N) is 6. The largest absolute Gasteiger partial charge is 0.416 e. The van der Waals surface area contributed by atoms with Crippen LogP contribution in [0, 0.1) is 0 Å². The molecular formula is C21H25N7O2P2. The summed E-state index contributed by atoms with van der Waals surface area (Å²) in [5.74, 6) is 0.0440. The number of carbonyl (C=O) groups excluding carboxylic acids is 1. The maximum absolute atomic E-state index is 13.5. The number of fused-ring (bicyclic) bond motifs is 2. The van der Waals surface area contributed by atoms with Crippen molar-refractivity contribution < 1.29 is 9.21 Å². The molecule has 0 aromatic carbocycles. The van der Waals surface area contributed by atoms with Crippen molar-refractivity contribution in [2.45, 2.75) is 44.0 Å². The SMILES string of the molecule is CC(P)c1cccc2cc([C@@H]3c4nc[nH]c4CCN3C(=O)c3nnc(C(C)(C)P)o3)nn12. The van der Waals surface area contributed by atoms with Crippen LogP contribution >= 0.6 is 18.5 Å². The molecule has 1 amide bonds. The number of aromatic nitrogens is 6. The van der Waals surface area contributed by atoms with Crippen LogP contribution in [0.25, 0.3) is 5.52 Å². The Morgan fingerprint density at radius 2 is 2.16 bits per heavy atom. The van der Waals surface area contributed by atoms with Crippen molar-refractivity contribution in [3.8, 4) is 0 Å². The predicted octanol–water partition coefficient (Wildman–Crippen LogP) is 3.27. The van der Waals surface area contributed by atoms with Crippen LogP contribution in [0.5, 0.6) is 0 Å². The Labute approximate surface area is 189 Å². The van der Waals surface area contributed by atoms with E-state index in [1.54, 1.807) is 11.2 Å². The predicted molar refractivity (Wildman–Crippen MR) is 126 cm³/mol. The first-order valence-corrected chi connectivity index (χ1v) is 11.7. The van der Waals surface area contributed by atoms with E-state index in [9.17, 15) is 4.79 Å². The number of H-pyrrole nitrogens is 1. The third-order valence-corrected chi connectivity index (χ3v) is 6.21. The molecule has 0 saturated carbocycles. The summed E-state index contributed by atoms with van der Waals surface area (Å²) < 4.78 is 7.66. The van der Waals surface area contributed by atoms with E-state index >= 15 is 0 Å². The minimum Gasteiger partial charge on any atom is -0.416 e. The highest BCUT2D eigenvalue weighted by molar-refractivity contribution is 7.18. The summed E-state index contributed by atoms with van der Waals surface area (Å²) in [6.07, 6.45) is 2.33. The van der Waals surface area contributed by atoms with Crippen LogP contribution in [0.3, 0.4) is 0 Å². The van der Waals surface area contributed by atoms with Gasteiger partial charge in [-0.25, -0.2) is 9.50 Å². The second-order valence-electron chi connectivity index (χ2n) is 8.70. The zero-order valence-corrected chi connectivity index (χ0v) is 20.4. The smallest absolute Gasteiger partial charge is 0.312 e. The fourth-order valence-electron chi connectivity index (χ4n) is 4.02. The zero-order chi connectivity index (χ0) is 22.6. The fraction of sp³-hybridized carbons (Fsp3) is 0.381. The maximum Gasteiger partial charge on any atom is 0.312 e. The Hall–Kier alpha value is -2.63. The van der Waals surface area contributed by atoms with Gasteiger partial charge in [-0.3, -0.25) is 4.79 Å². The normalized spacial score (nSPS) is 17.5. The van der Waals surface area contributed by atoms with Crippen molar-refractivity contribution >= 4 is 29.9 Å². The van der Waals surface area contributed by atoms with Gasteiger partial charge in [0.15, 0.2) is 0 Å². The number of aromatic amines is 1. The number of nitrogens with one attached hydrogen (secondary N) is 1. The third kappa shape index (κ3) is 3.54. The summed E-state index contributed by atoms with van der Waals surface area (Å²) in [6, 6.07) is 7.64. The van der Waals surface area contributed by atoms with Crippen molar-refractivity contribution in [2.24, 2.45) is 0 Å². The van der Waals surface area contributed by atoms with Gasteiger partial charge in [-0.1, -0.05) is 13.0 Å². The molecule has 0 aliphatic carbocycles. The first kappa shape index (κ1) is 21.2. The molecule has 5 rings (SSSR count). The molecule has 11 heteroatoms. The van der Waals surface area contributed by atoms with Gasteiger partial charge in [-0.05, 0) is 32.0 Å². The maximum atomic E-state index is 13.5. The van der Waals surface area contributed by atoms with Crippen molar-refractivity contribution in [3.63, 3.8) is 0 Å². The van der Waals surface area contributed by atoms with Gasteiger partial charge in [0, 0.05) is 30.0 Å². The van der Waals surface area contributed by atoms with Crippen LogP contribution < -0.4 is 0 Å². The molecule has 5 heterocycles. The van der Waals surface area contributed by atoms with Crippen molar-refractivity contribution in [3.05, 3.63) is 65.1 Å². The molecule has 3 unspecified atom stereocenters. The van der Waals surface area contributed by atoms with Crippen molar-refractivity contribution in [1.29, 1.82) is 0 Å². The quantitative estimate of drug-likeness (QED) is 0.460. The average Bonchev–Trinajstić information content (AvgIpc) is 3.50. The summed E-state index contributed by atoms with van der Waals surface area (Å²) >= 11 is 0. The lowest BCUT2D eigenvalue weighted by Crippen LogP contribution is -2.41. The number of hydrogen-bond donors (Lipinski definition) is 1. The van der Waals surface area contributed by atoms with Gasteiger partial charge in [-0.2, -0.15) is 5.10 Å². The summed E-state index contributed by atoms with van der Waals surface area (Å²) in [7, 11) is 5.45. The van der Waals surface area contributed by atoms with Gasteiger partial charge in [-0.15, -0.1) is 28.7 Å². The summed E-state index contributed by atoms with van der Waals surface area (Å²) in [5.41, 5.74) is 4.80. The molecule has 4 atom stereocenters. The van der Waals surface area contributed by atoms with Crippen LogP contribution in [0.2, 0.25) is 0 Å². The second kappa shape index (κ2) is 7.75. The number of rotatable bonds is 4. The minimum absolute atomic E-state index is 0.0254. The van der Waals surface area contributed by atoms with Gasteiger partial charge < -0.3 is 14.3 Å². The molecule has 166 valence electrons. The minimum atomic E-state index is -0.454. The van der Waals surface area contributed by atoms with Crippen molar-refractivity contribution in [2.75, 3.05) is 6.54 Å². The molecule has 4 aromatic heterocycles. The Morgan fingerprint density at radius 3 is 2.88 bits per heavy atom. The number of pyridine rings is 1. The molecule has 4 aromatic rings. The average molecular weight is 469 g/mol. The van der Waals surface area contributed by atoms with Crippen LogP contribution in [0.1, 0.15) is 71.8 Å². The lowest BCUT2D eigenvalue weighted by atomic mass is 9.99. The van der Waals surface area contributed by atoms with Crippen LogP contribution in [-0.2, 0) is 11.6 Å². The molecular weight excluding hydrogens is 444 g/mol. The molecule has 0 spiro atoms. The first-order chi connectivity index (χ1) is 15.2. The molecule has 9 nitrogen and oxygen atoms in total. The molecule has 0 bridgehead atoms. The molecule has 1 N–H and O–H groups in total. The van der Waals surface area contributed by atoms with E-state index in [4.69, 9.17) is 9.52 Å². The van der Waals surface area contributed by atoms with Crippen LogP contribution in [0.4, 0.5) is 0 Å². The van der Waals surface area contributed by atoms with Gasteiger partial charge in [0.2, 0.25) is 5.89 Å². The first-order valence-electron chi connectivity index (χ1n) is 10.4. The van der Waals surface area contributed by atoms with E-state index in [0.29, 0.717) is 18.9 Å². The topological polar surface area (TPSA) is 105 Å². The van der Waals surface area contributed by atoms with E-state index in [2.05, 4.69) is 51.6 Å². The van der Waals surface area contributed by atoms with E-state index in [0.717, 1.165) is 28.3 Å². The van der Waals surface area contributed by atoms with Crippen LogP contribution in [0.15, 0.2) is 35.0 Å². The number of imidazole rings is 1. The van der Waals surface area contributed by atoms with Crippen LogP contribution in [-0.4, -0.2) is 47.1 Å². The molecule has 0 radical (unpaired) electrons. The summed E-state index contributed by atoms with van der Waals surface area (Å²) in [6.45, 7) is 6.45. The fourth-order valence-corrected chi connectivity index (χ4v) is 4.39. The Bertz CT molecular complexity index is 1300. The lowest BCUT2D eigenvalue weighted by Gasteiger charge is -2.32. The van der Waals surface area contributed by atoms with Crippen molar-refractivity contribution in [1.82, 2.24) is 34.7 Å². The molecule has 0 fully saturated rings. The van der Waals surface area contributed by atoms with E-state index in [-0.39, 0.29) is 17.5 Å². The number of amides is 1. The van der Waals surface area contributed by atoms with E-state index in [1.807, 2.05) is 36.6 Å². The second-order valence-corrected chi connectivity index (χ2v) is 11.1. The Morgan fingerprint density at radius 1 is 1.34 bits per heavy atom. The number of carbonyl (C=O) groups is 1. The van der Waals surface area contributed by atoms with Gasteiger partial charge in [0.05, 0.1) is 28.4 Å². The molecule has 0 saturated heterocycles. The molecule has 32 heavy (non-hydrogen) atoms. The van der Waals surface area contributed by atoms with Gasteiger partial charge in [0.25, 0.3) is 0 Å². The lowest BCUT2D eigenvalue weighted by molar-refractivity contribution is 0.0643. The standard InChI is InChI=1S/C21H25N7O2P2/c1-11(31)15-6-4-5-12-9-14(26-28(12)15)17-16-13(22-10-23-16)7-8-27(17)19(29)18-24-25-20(30-18)21(2,3)32/h4-6,9-11,17H,7-8,31-32H2,1-3H3,(H,22,23)/t11?,17-/m1/s1.